The molecule has 2 amide bonds. The Morgan fingerprint density at radius 2 is 1.67 bits per heavy atom. The highest BCUT2D eigenvalue weighted by molar-refractivity contribution is 5.60. The quantitative estimate of drug-likeness (QED) is 0.816. The van der Waals surface area contributed by atoms with Crippen LogP contribution in [-0.2, 0) is 6.54 Å². The SMILES string of the molecule is CC(C)(C)[N+]1(C(=O)O)C[C@H]2C[N+](Cc3ccccc3)(C(=O)O)C[C@H]21. The first-order valence-electron chi connectivity index (χ1n) is 8.37. The molecule has 2 N–H and O–H groups in total. The number of benzene rings is 1. The van der Waals surface area contributed by atoms with Crippen molar-refractivity contribution in [2.45, 2.75) is 38.9 Å². The van der Waals surface area contributed by atoms with Crippen LogP contribution < -0.4 is 0 Å². The van der Waals surface area contributed by atoms with Gasteiger partial charge in [-0.25, -0.2) is 8.97 Å². The molecule has 130 valence electrons. The molecule has 6 heteroatoms. The van der Waals surface area contributed by atoms with E-state index in [0.717, 1.165) is 5.56 Å². The maximum atomic E-state index is 12.1. The number of quaternary nitrogens is 2. The van der Waals surface area contributed by atoms with Gasteiger partial charge in [-0.2, -0.15) is 9.59 Å². The highest BCUT2D eigenvalue weighted by atomic mass is 16.4. The molecule has 2 unspecified atom stereocenters. The van der Waals surface area contributed by atoms with E-state index in [4.69, 9.17) is 0 Å². The molecule has 2 fully saturated rings. The van der Waals surface area contributed by atoms with Crippen LogP contribution in [0.15, 0.2) is 30.3 Å². The molecule has 0 radical (unpaired) electrons. The summed E-state index contributed by atoms with van der Waals surface area (Å²) in [6.07, 6.45) is -1.69. The maximum absolute atomic E-state index is 12.1. The molecule has 6 nitrogen and oxygen atoms in total. The average Bonchev–Trinajstić information content (AvgIpc) is 2.74. The zero-order valence-electron chi connectivity index (χ0n) is 14.5. The Hall–Kier alpha value is -1.92. The van der Waals surface area contributed by atoms with Crippen molar-refractivity contribution < 1.29 is 28.8 Å². The second kappa shape index (κ2) is 5.29. The number of amides is 2. The van der Waals surface area contributed by atoms with Gasteiger partial charge in [0.05, 0.1) is 0 Å². The van der Waals surface area contributed by atoms with Crippen molar-refractivity contribution in [2.75, 3.05) is 19.6 Å². The second-order valence-electron chi connectivity index (χ2n) is 8.27. The summed E-state index contributed by atoms with van der Waals surface area (Å²) in [6.45, 7) is 7.61. The molecule has 4 atom stereocenters. The van der Waals surface area contributed by atoms with Gasteiger partial charge in [-0.15, -0.1) is 0 Å². The maximum Gasteiger partial charge on any atom is 0.514 e. The molecule has 2 saturated heterocycles. The van der Waals surface area contributed by atoms with Gasteiger partial charge < -0.3 is 10.2 Å². The van der Waals surface area contributed by atoms with Crippen LogP contribution in [0.4, 0.5) is 9.59 Å². The van der Waals surface area contributed by atoms with Crippen molar-refractivity contribution in [3.05, 3.63) is 35.9 Å². The van der Waals surface area contributed by atoms with E-state index in [1.807, 2.05) is 51.1 Å². The molecule has 2 aliphatic heterocycles. The Kier molecular flexibility index (Phi) is 3.73. The first kappa shape index (κ1) is 16.9. The summed E-state index contributed by atoms with van der Waals surface area (Å²) in [5, 5.41) is 19.8. The van der Waals surface area contributed by atoms with Crippen molar-refractivity contribution in [3.8, 4) is 0 Å². The smallest absolute Gasteiger partial charge is 0.435 e. The van der Waals surface area contributed by atoms with Crippen LogP contribution in [0.5, 0.6) is 0 Å². The summed E-state index contributed by atoms with van der Waals surface area (Å²) in [6, 6.07) is 9.46. The van der Waals surface area contributed by atoms with Gasteiger partial charge >= 0.3 is 12.2 Å². The lowest BCUT2D eigenvalue weighted by Crippen LogP contribution is -2.79. The summed E-state index contributed by atoms with van der Waals surface area (Å²) in [5.74, 6) is 0.153. The highest BCUT2D eigenvalue weighted by Crippen LogP contribution is 2.48. The molecular formula is C18H26N2O4+2. The van der Waals surface area contributed by atoms with Crippen LogP contribution in [0, 0.1) is 5.92 Å². The Labute approximate surface area is 142 Å². The average molecular weight is 334 g/mol. The van der Waals surface area contributed by atoms with Gasteiger partial charge in [0.25, 0.3) is 0 Å². The van der Waals surface area contributed by atoms with Gasteiger partial charge in [-0.3, -0.25) is 0 Å². The molecule has 24 heavy (non-hydrogen) atoms. The summed E-state index contributed by atoms with van der Waals surface area (Å²) in [5.41, 5.74) is 0.531. The van der Waals surface area contributed by atoms with E-state index < -0.39 is 17.7 Å². The molecule has 0 bridgehead atoms. The number of nitrogens with zero attached hydrogens (tertiary/aromatic N) is 2. The fourth-order valence-electron chi connectivity index (χ4n) is 4.76. The Balaban J connectivity index is 1.92. The van der Waals surface area contributed by atoms with E-state index in [0.29, 0.717) is 26.2 Å². The molecule has 0 aromatic heterocycles. The molecule has 3 rings (SSSR count). The van der Waals surface area contributed by atoms with Crippen LogP contribution in [0.2, 0.25) is 0 Å². The van der Waals surface area contributed by atoms with Gasteiger partial charge in [0.15, 0.2) is 6.04 Å². The van der Waals surface area contributed by atoms with E-state index in [1.54, 1.807) is 0 Å². The van der Waals surface area contributed by atoms with Gasteiger partial charge in [-0.05, 0) is 20.8 Å². The number of carboxylic acid groups (broad SMARTS) is 2. The number of fused-ring (bicyclic) bond motifs is 1. The van der Waals surface area contributed by atoms with Gasteiger partial charge in [0.2, 0.25) is 0 Å². The number of rotatable bonds is 2. The molecular weight excluding hydrogens is 308 g/mol. The zero-order chi connectivity index (χ0) is 17.8. The molecule has 1 aromatic rings. The van der Waals surface area contributed by atoms with E-state index in [2.05, 4.69) is 0 Å². The predicted molar refractivity (Wildman–Crippen MR) is 88.3 cm³/mol. The molecule has 2 aliphatic rings. The van der Waals surface area contributed by atoms with Gasteiger partial charge in [0, 0.05) is 5.56 Å². The fourth-order valence-corrected chi connectivity index (χ4v) is 4.76. The van der Waals surface area contributed by atoms with Crippen molar-refractivity contribution in [1.29, 1.82) is 0 Å². The number of likely N-dealkylation sites (tertiary alicyclic amines) is 2. The molecule has 2 heterocycles. The van der Waals surface area contributed by atoms with Crippen LogP contribution in [-0.4, -0.2) is 62.6 Å². The lowest BCUT2D eigenvalue weighted by Gasteiger charge is -2.55. The Morgan fingerprint density at radius 3 is 2.17 bits per heavy atom. The normalized spacial score (nSPS) is 35.1. The first-order valence-corrected chi connectivity index (χ1v) is 8.37. The summed E-state index contributed by atoms with van der Waals surface area (Å²) < 4.78 is -0.0948. The highest BCUT2D eigenvalue weighted by Gasteiger charge is 2.73. The molecule has 0 aliphatic carbocycles. The minimum absolute atomic E-state index is 0.0280. The van der Waals surface area contributed by atoms with E-state index >= 15 is 0 Å². The van der Waals surface area contributed by atoms with E-state index in [9.17, 15) is 19.8 Å². The van der Waals surface area contributed by atoms with Crippen LogP contribution in [0.25, 0.3) is 0 Å². The van der Waals surface area contributed by atoms with E-state index in [-0.39, 0.29) is 20.9 Å². The summed E-state index contributed by atoms with van der Waals surface area (Å²) in [7, 11) is 0. The minimum atomic E-state index is -0.856. The molecule has 1 aromatic carbocycles. The number of carbonyl (C=O) groups is 2. The van der Waals surface area contributed by atoms with Gasteiger partial charge in [-0.1, -0.05) is 30.3 Å². The summed E-state index contributed by atoms with van der Waals surface area (Å²) >= 11 is 0. The number of hydrogen-bond acceptors (Lipinski definition) is 2. The van der Waals surface area contributed by atoms with Crippen molar-refractivity contribution >= 4 is 12.2 Å². The van der Waals surface area contributed by atoms with Crippen LogP contribution in [0.1, 0.15) is 26.3 Å². The third-order valence-electron chi connectivity index (χ3n) is 6.03. The predicted octanol–water partition coefficient (Wildman–Crippen LogP) is 2.99. The monoisotopic (exact) mass is 334 g/mol. The number of hydrogen-bond donors (Lipinski definition) is 2. The van der Waals surface area contributed by atoms with Crippen LogP contribution >= 0.6 is 0 Å². The standard InChI is InChI=1S/C18H24N2O4/c1-18(2,3)20(17(23)24)11-14-10-19(16(21)22,12-15(14)20)9-13-7-5-4-6-8-13/h4-8,14-15H,9-12H2,1-3H3/p+2/t14-,15-,19?,20?/m1/s1. The van der Waals surface area contributed by atoms with E-state index in [1.165, 1.54) is 0 Å². The third-order valence-corrected chi connectivity index (χ3v) is 6.03. The molecule has 0 saturated carbocycles. The Bertz CT molecular complexity index is 669. The third kappa shape index (κ3) is 2.24. The topological polar surface area (TPSA) is 74.6 Å². The van der Waals surface area contributed by atoms with Crippen molar-refractivity contribution in [1.82, 2.24) is 0 Å². The fraction of sp³-hybridized carbons (Fsp3) is 0.556. The molecule has 0 spiro atoms. The van der Waals surface area contributed by atoms with Crippen molar-refractivity contribution in [3.63, 3.8) is 0 Å². The van der Waals surface area contributed by atoms with Gasteiger partial charge in [0.1, 0.15) is 37.6 Å². The Morgan fingerprint density at radius 1 is 1.04 bits per heavy atom. The minimum Gasteiger partial charge on any atom is -0.435 e. The largest absolute Gasteiger partial charge is 0.514 e. The second-order valence-corrected chi connectivity index (χ2v) is 8.27. The van der Waals surface area contributed by atoms with Crippen LogP contribution in [0.3, 0.4) is 0 Å². The summed E-state index contributed by atoms with van der Waals surface area (Å²) in [4.78, 5) is 24.1. The lowest BCUT2D eigenvalue weighted by molar-refractivity contribution is -0.976. The van der Waals surface area contributed by atoms with Crippen molar-refractivity contribution in [2.24, 2.45) is 5.92 Å². The zero-order valence-corrected chi connectivity index (χ0v) is 14.5. The lowest BCUT2D eigenvalue weighted by atomic mass is 9.81. The first-order chi connectivity index (χ1) is 11.1.